The van der Waals surface area contributed by atoms with Gasteiger partial charge in [0.1, 0.15) is 0 Å². The predicted molar refractivity (Wildman–Crippen MR) is 59.6 cm³/mol. The molecule has 0 spiro atoms. The second-order valence-corrected chi connectivity index (χ2v) is 3.78. The maximum atomic E-state index is 10.8. The number of hydrogen-bond acceptors (Lipinski definition) is 4. The zero-order chi connectivity index (χ0) is 12.1. The molecular formula is C11H15NO4. The minimum Gasteiger partial charge on any atom is -0.486 e. The van der Waals surface area contributed by atoms with Crippen LogP contribution in [0.1, 0.15) is 12.5 Å². The van der Waals surface area contributed by atoms with Crippen LogP contribution in [0, 0.1) is 23.0 Å². The van der Waals surface area contributed by atoms with Gasteiger partial charge in [0.25, 0.3) is 0 Å². The fourth-order valence-corrected chi connectivity index (χ4v) is 1.27. The Morgan fingerprint density at radius 1 is 1.56 bits per heavy atom. The van der Waals surface area contributed by atoms with Crippen LogP contribution in [0.2, 0.25) is 0 Å². The molecule has 1 rings (SSSR count). The second kappa shape index (κ2) is 5.46. The van der Waals surface area contributed by atoms with Crippen LogP contribution < -0.4 is 4.74 Å². The van der Waals surface area contributed by atoms with Gasteiger partial charge in [-0.2, -0.15) is 0 Å². The molecule has 5 nitrogen and oxygen atoms in total. The van der Waals surface area contributed by atoms with E-state index in [-0.39, 0.29) is 30.6 Å². The van der Waals surface area contributed by atoms with Crippen LogP contribution in [0.25, 0.3) is 0 Å². The number of ether oxygens (including phenoxy) is 1. The van der Waals surface area contributed by atoms with Crippen molar-refractivity contribution in [2.45, 2.75) is 13.8 Å². The van der Waals surface area contributed by atoms with E-state index < -0.39 is 4.92 Å². The first-order valence-corrected chi connectivity index (χ1v) is 5.04. The zero-order valence-electron chi connectivity index (χ0n) is 9.34. The number of nitrogens with zero attached hydrogens (tertiary/aromatic N) is 1. The van der Waals surface area contributed by atoms with Crippen molar-refractivity contribution in [1.29, 1.82) is 0 Å². The van der Waals surface area contributed by atoms with E-state index in [0.29, 0.717) is 5.56 Å². The number of nitro benzene ring substituents is 1. The van der Waals surface area contributed by atoms with Crippen LogP contribution in [-0.2, 0) is 0 Å². The lowest BCUT2D eigenvalue weighted by molar-refractivity contribution is -0.386. The largest absolute Gasteiger partial charge is 0.486 e. The summed E-state index contributed by atoms with van der Waals surface area (Å²) in [5.41, 5.74) is 0.562. The molecule has 0 aliphatic heterocycles. The Morgan fingerprint density at radius 3 is 2.81 bits per heavy atom. The molecule has 0 saturated heterocycles. The molecule has 1 aromatic carbocycles. The molecule has 0 saturated carbocycles. The maximum Gasteiger partial charge on any atom is 0.313 e. The van der Waals surface area contributed by atoms with Gasteiger partial charge in [-0.1, -0.05) is 19.1 Å². The van der Waals surface area contributed by atoms with Crippen molar-refractivity contribution in [1.82, 2.24) is 0 Å². The number of rotatable bonds is 5. The van der Waals surface area contributed by atoms with Gasteiger partial charge in [0.2, 0.25) is 0 Å². The molecule has 5 heteroatoms. The summed E-state index contributed by atoms with van der Waals surface area (Å²) < 4.78 is 5.33. The zero-order valence-corrected chi connectivity index (χ0v) is 9.34. The van der Waals surface area contributed by atoms with E-state index in [1.807, 2.05) is 6.92 Å². The fraction of sp³-hybridized carbons (Fsp3) is 0.455. The van der Waals surface area contributed by atoms with E-state index in [4.69, 9.17) is 9.84 Å². The van der Waals surface area contributed by atoms with Crippen LogP contribution >= 0.6 is 0 Å². The Hall–Kier alpha value is -1.62. The van der Waals surface area contributed by atoms with Crippen LogP contribution in [0.3, 0.4) is 0 Å². The lowest BCUT2D eigenvalue weighted by Gasteiger charge is -2.11. The van der Waals surface area contributed by atoms with Crippen LogP contribution in [-0.4, -0.2) is 23.2 Å². The first kappa shape index (κ1) is 12.4. The standard InChI is InChI=1S/C11H15NO4/c1-8(6-13)7-16-10-5-3-4-9(2)11(10)12(14)15/h3-5,8,13H,6-7H2,1-2H3. The summed E-state index contributed by atoms with van der Waals surface area (Å²) in [6, 6.07) is 4.94. The smallest absolute Gasteiger partial charge is 0.313 e. The van der Waals surface area contributed by atoms with Gasteiger partial charge in [0.05, 0.1) is 11.5 Å². The van der Waals surface area contributed by atoms with Crippen LogP contribution in [0.4, 0.5) is 5.69 Å². The minimum absolute atomic E-state index is 0.000384. The van der Waals surface area contributed by atoms with Crippen molar-refractivity contribution >= 4 is 5.69 Å². The molecule has 16 heavy (non-hydrogen) atoms. The molecule has 1 unspecified atom stereocenters. The molecule has 0 aromatic heterocycles. The van der Waals surface area contributed by atoms with Crippen molar-refractivity contribution in [2.24, 2.45) is 5.92 Å². The van der Waals surface area contributed by atoms with Crippen LogP contribution in [0.15, 0.2) is 18.2 Å². The summed E-state index contributed by atoms with van der Waals surface area (Å²) in [5.74, 6) is 0.213. The molecule has 0 fully saturated rings. The number of hydrogen-bond donors (Lipinski definition) is 1. The highest BCUT2D eigenvalue weighted by Gasteiger charge is 2.18. The first-order chi connectivity index (χ1) is 7.56. The number of para-hydroxylation sites is 1. The van der Waals surface area contributed by atoms with E-state index in [9.17, 15) is 10.1 Å². The Bertz CT molecular complexity index is 378. The van der Waals surface area contributed by atoms with E-state index in [1.54, 1.807) is 25.1 Å². The fourth-order valence-electron chi connectivity index (χ4n) is 1.27. The van der Waals surface area contributed by atoms with Crippen molar-refractivity contribution in [3.63, 3.8) is 0 Å². The maximum absolute atomic E-state index is 10.8. The van der Waals surface area contributed by atoms with E-state index in [2.05, 4.69) is 0 Å². The third kappa shape index (κ3) is 2.93. The quantitative estimate of drug-likeness (QED) is 0.613. The summed E-state index contributed by atoms with van der Waals surface area (Å²) in [7, 11) is 0. The normalized spacial score (nSPS) is 12.2. The number of nitro groups is 1. The third-order valence-corrected chi connectivity index (χ3v) is 2.22. The molecule has 1 aromatic rings. The number of aliphatic hydroxyl groups excluding tert-OH is 1. The highest BCUT2D eigenvalue weighted by atomic mass is 16.6. The molecule has 1 N–H and O–H groups in total. The van der Waals surface area contributed by atoms with Gasteiger partial charge in [-0.05, 0) is 13.0 Å². The monoisotopic (exact) mass is 225 g/mol. The molecule has 0 heterocycles. The first-order valence-electron chi connectivity index (χ1n) is 5.04. The van der Waals surface area contributed by atoms with Gasteiger partial charge in [0, 0.05) is 18.1 Å². The van der Waals surface area contributed by atoms with Crippen molar-refractivity contribution in [2.75, 3.05) is 13.2 Å². The van der Waals surface area contributed by atoms with E-state index in [0.717, 1.165) is 0 Å². The molecule has 0 aliphatic rings. The highest BCUT2D eigenvalue weighted by Crippen LogP contribution is 2.30. The third-order valence-electron chi connectivity index (χ3n) is 2.22. The van der Waals surface area contributed by atoms with Gasteiger partial charge in [0.15, 0.2) is 5.75 Å². The summed E-state index contributed by atoms with van der Waals surface area (Å²) in [6.45, 7) is 3.74. The Kier molecular flexibility index (Phi) is 4.25. The van der Waals surface area contributed by atoms with Gasteiger partial charge < -0.3 is 9.84 Å². The molecule has 0 radical (unpaired) electrons. The number of aryl methyl sites for hydroxylation is 1. The highest BCUT2D eigenvalue weighted by molar-refractivity contribution is 5.51. The average Bonchev–Trinajstić information content (AvgIpc) is 2.25. The minimum atomic E-state index is -0.450. The van der Waals surface area contributed by atoms with Gasteiger partial charge in [-0.25, -0.2) is 0 Å². The van der Waals surface area contributed by atoms with Gasteiger partial charge in [-0.3, -0.25) is 10.1 Å². The van der Waals surface area contributed by atoms with Crippen molar-refractivity contribution < 1.29 is 14.8 Å². The Morgan fingerprint density at radius 2 is 2.25 bits per heavy atom. The second-order valence-electron chi connectivity index (χ2n) is 3.78. The van der Waals surface area contributed by atoms with Gasteiger partial charge >= 0.3 is 5.69 Å². The topological polar surface area (TPSA) is 72.6 Å². The summed E-state index contributed by atoms with van der Waals surface area (Å²) in [5, 5.41) is 19.7. The lowest BCUT2D eigenvalue weighted by atomic mass is 10.2. The summed E-state index contributed by atoms with van der Waals surface area (Å²) >= 11 is 0. The van der Waals surface area contributed by atoms with Crippen molar-refractivity contribution in [3.8, 4) is 5.75 Å². The summed E-state index contributed by atoms with van der Waals surface area (Å²) in [6.07, 6.45) is 0. The molecule has 1 atom stereocenters. The van der Waals surface area contributed by atoms with Crippen LogP contribution in [0.5, 0.6) is 5.75 Å². The summed E-state index contributed by atoms with van der Waals surface area (Å²) in [4.78, 5) is 10.4. The Balaban J connectivity index is 2.87. The molecule has 0 amide bonds. The Labute approximate surface area is 93.8 Å². The predicted octanol–water partition coefficient (Wildman–Crippen LogP) is 1.91. The number of aliphatic hydroxyl groups is 1. The molecule has 88 valence electrons. The average molecular weight is 225 g/mol. The van der Waals surface area contributed by atoms with E-state index >= 15 is 0 Å². The molecule has 0 bridgehead atoms. The molecule has 0 aliphatic carbocycles. The van der Waals surface area contributed by atoms with E-state index in [1.165, 1.54) is 0 Å². The van der Waals surface area contributed by atoms with Gasteiger partial charge in [-0.15, -0.1) is 0 Å². The van der Waals surface area contributed by atoms with Crippen molar-refractivity contribution in [3.05, 3.63) is 33.9 Å². The number of benzene rings is 1. The lowest BCUT2D eigenvalue weighted by Crippen LogP contribution is -2.13. The SMILES string of the molecule is Cc1cccc(OCC(C)CO)c1[N+](=O)[O-]. The molecular weight excluding hydrogens is 210 g/mol.